The zero-order valence-corrected chi connectivity index (χ0v) is 55.3. The molecule has 9 fully saturated rings. The fraction of sp³-hybridized carbons (Fsp3) is 0.923. The van der Waals surface area contributed by atoms with Crippen LogP contribution in [0.5, 0.6) is 0 Å². The molecule has 39 atom stereocenters. The molecule has 31 nitrogen and oxygen atoms in total. The SMILES string of the molecule is CC1OC(OCC2OC(OC3C(CO)OC(OC4C(OC5C(O)C(OC6CCC7(C)C(CCC8(C)C7C=CC7C9CC(C)(C)CCC9(C)C=CC78C)C6(C)CO)OC(C(=O)O)C5O)OCC(O)C4O)C(O)C3O)C(OC3OC(CO)C(O)C(O)C3O)C(O)C2O)C(O)C(O)C1O. The number of aliphatic hydroxyl groups is 17. The summed E-state index contributed by atoms with van der Waals surface area (Å²) in [5.74, 6) is -0.935. The number of aliphatic hydroxyl groups excluding tert-OH is 17. The van der Waals surface area contributed by atoms with Crippen LogP contribution in [0.25, 0.3) is 0 Å². The molecule has 18 N–H and O–H groups in total. The number of hydrogen-bond acceptors (Lipinski definition) is 30. The zero-order valence-electron chi connectivity index (χ0n) is 55.3. The minimum atomic E-state index is -2.30. The summed E-state index contributed by atoms with van der Waals surface area (Å²) in [5.41, 5.74) is -1.34. The fourth-order valence-corrected chi connectivity index (χ4v) is 18.5. The second-order valence-electron chi connectivity index (χ2n) is 31.2. The van der Waals surface area contributed by atoms with Crippen molar-refractivity contribution < 1.29 is 154 Å². The zero-order chi connectivity index (χ0) is 70.0. The summed E-state index contributed by atoms with van der Waals surface area (Å²) in [4.78, 5) is 13.0. The predicted octanol–water partition coefficient (Wildman–Crippen LogP) is -4.52. The molecule has 0 aromatic carbocycles. The van der Waals surface area contributed by atoms with Crippen LogP contribution in [0.2, 0.25) is 0 Å². The highest BCUT2D eigenvalue weighted by molar-refractivity contribution is 5.73. The van der Waals surface area contributed by atoms with E-state index in [-0.39, 0.29) is 45.5 Å². The molecule has 6 aliphatic heterocycles. The topological polar surface area (TPSA) is 492 Å². The molecule has 3 saturated carbocycles. The van der Waals surface area contributed by atoms with Crippen molar-refractivity contribution in [3.05, 3.63) is 24.3 Å². The van der Waals surface area contributed by atoms with Crippen molar-refractivity contribution in [3.8, 4) is 0 Å². The van der Waals surface area contributed by atoms with Gasteiger partial charge < -0.3 is 149 Å². The smallest absolute Gasteiger partial charge is 0.335 e. The first-order valence-electron chi connectivity index (χ1n) is 33.8. The molecule has 0 aromatic rings. The maximum absolute atomic E-state index is 13.0. The van der Waals surface area contributed by atoms with E-state index in [1.54, 1.807) is 0 Å². The molecule has 0 spiro atoms. The summed E-state index contributed by atoms with van der Waals surface area (Å²) in [6, 6.07) is 0. The molecule has 11 aliphatic rings. The summed E-state index contributed by atoms with van der Waals surface area (Å²) in [6.07, 6.45) is -41.0. The van der Waals surface area contributed by atoms with Crippen LogP contribution in [0.4, 0.5) is 0 Å². The summed E-state index contributed by atoms with van der Waals surface area (Å²) in [7, 11) is 0. The van der Waals surface area contributed by atoms with Gasteiger partial charge in [0.15, 0.2) is 43.8 Å². The molecule has 31 heteroatoms. The lowest BCUT2D eigenvalue weighted by molar-refractivity contribution is -0.402. The third-order valence-corrected chi connectivity index (χ3v) is 24.8. The Labute approximate surface area is 555 Å². The molecule has 550 valence electrons. The molecule has 0 amide bonds. The average molecular weight is 1380 g/mol. The Bertz CT molecular complexity index is 2730. The Kier molecular flexibility index (Phi) is 21.9. The van der Waals surface area contributed by atoms with Crippen LogP contribution in [-0.2, 0) is 61.6 Å². The summed E-state index contributed by atoms with van der Waals surface area (Å²) in [6.45, 7) is 13.8. The van der Waals surface area contributed by atoms with Crippen LogP contribution in [0.15, 0.2) is 24.3 Å². The minimum absolute atomic E-state index is 0.0935. The highest BCUT2D eigenvalue weighted by Crippen LogP contribution is 2.74. The fourth-order valence-electron chi connectivity index (χ4n) is 18.5. The minimum Gasteiger partial charge on any atom is -0.479 e. The predicted molar refractivity (Wildman–Crippen MR) is 321 cm³/mol. The molecule has 39 unspecified atom stereocenters. The van der Waals surface area contributed by atoms with Gasteiger partial charge in [-0.15, -0.1) is 0 Å². The van der Waals surface area contributed by atoms with Crippen molar-refractivity contribution >= 4 is 5.97 Å². The Balaban J connectivity index is 0.794. The van der Waals surface area contributed by atoms with E-state index in [1.807, 2.05) is 6.92 Å². The van der Waals surface area contributed by atoms with E-state index >= 15 is 0 Å². The first kappa shape index (κ1) is 75.0. The molecule has 6 heterocycles. The number of carbonyl (C=O) groups is 1. The normalized spacial score (nSPS) is 55.7. The van der Waals surface area contributed by atoms with Crippen molar-refractivity contribution in [2.75, 3.05) is 33.0 Å². The van der Waals surface area contributed by atoms with Gasteiger partial charge in [0.05, 0.1) is 45.2 Å². The van der Waals surface area contributed by atoms with E-state index in [2.05, 4.69) is 65.8 Å². The van der Waals surface area contributed by atoms with Crippen molar-refractivity contribution in [1.29, 1.82) is 0 Å². The molecule has 0 aromatic heterocycles. The van der Waals surface area contributed by atoms with Gasteiger partial charge in [0, 0.05) is 5.41 Å². The summed E-state index contributed by atoms with van der Waals surface area (Å²) in [5, 5.41) is 199. The second kappa shape index (κ2) is 28.1. The van der Waals surface area contributed by atoms with Crippen LogP contribution in [0.3, 0.4) is 0 Å². The average Bonchev–Trinajstić information content (AvgIpc) is 0.677. The van der Waals surface area contributed by atoms with Crippen LogP contribution >= 0.6 is 0 Å². The monoisotopic (exact) mass is 1380 g/mol. The van der Waals surface area contributed by atoms with E-state index in [1.165, 1.54) is 13.3 Å². The standard InChI is InChI=1S/C65H104O31/c1-25-35(70)39(74)43(78)54(87-25)86-23-31-38(73)41(76)52(96-55-44(79)40(75)37(72)29(20-66)88-55)59(90-31)92-48-30(21-67)89-56(45(80)42(48)77)95-51-36(71)28(69)22-85-58(51)93-49-46(81)50(53(83)84)94-57(47(49)82)91-34-12-13-62(5)32(63(34,6)24-68)11-14-65(8)33(62)10-9-26-27-19-60(2,3)15-16-61(27,4)17-18-64(26,65)7/h9-10,17-18,25-52,54-59,66-82H,11-16,19-24H2,1-8H3,(H,83,84). The number of hydrogen-bond donors (Lipinski definition) is 18. The molecule has 5 aliphatic carbocycles. The van der Waals surface area contributed by atoms with Crippen LogP contribution in [0.1, 0.15) is 100 Å². The lowest BCUT2D eigenvalue weighted by Crippen LogP contribution is -2.68. The third-order valence-electron chi connectivity index (χ3n) is 24.8. The van der Waals surface area contributed by atoms with Gasteiger partial charge in [-0.3, -0.25) is 0 Å². The van der Waals surface area contributed by atoms with E-state index in [0.717, 1.165) is 25.7 Å². The molecular weight excluding hydrogens is 1280 g/mol. The molecule has 96 heavy (non-hydrogen) atoms. The van der Waals surface area contributed by atoms with Crippen molar-refractivity contribution in [1.82, 2.24) is 0 Å². The van der Waals surface area contributed by atoms with Crippen molar-refractivity contribution in [3.63, 3.8) is 0 Å². The molecule has 0 radical (unpaired) electrons. The van der Waals surface area contributed by atoms with Gasteiger partial charge in [-0.1, -0.05) is 72.8 Å². The Morgan fingerprint density at radius 3 is 1.74 bits per heavy atom. The van der Waals surface area contributed by atoms with E-state index in [4.69, 9.17) is 56.8 Å². The Morgan fingerprint density at radius 2 is 1.08 bits per heavy atom. The van der Waals surface area contributed by atoms with Gasteiger partial charge in [-0.25, -0.2) is 4.79 Å². The van der Waals surface area contributed by atoms with Crippen LogP contribution in [-0.4, -0.2) is 315 Å². The number of allylic oxidation sites excluding steroid dienone is 4. The quantitative estimate of drug-likeness (QED) is 0.0482. The largest absolute Gasteiger partial charge is 0.479 e. The first-order valence-corrected chi connectivity index (χ1v) is 33.8. The lowest BCUT2D eigenvalue weighted by atomic mass is 9.34. The molecule has 6 saturated heterocycles. The van der Waals surface area contributed by atoms with Gasteiger partial charge in [0.1, 0.15) is 128 Å². The van der Waals surface area contributed by atoms with Crippen LogP contribution < -0.4 is 0 Å². The van der Waals surface area contributed by atoms with Gasteiger partial charge in [-0.05, 0) is 103 Å². The summed E-state index contributed by atoms with van der Waals surface area (Å²) >= 11 is 0. The van der Waals surface area contributed by atoms with Crippen molar-refractivity contribution in [2.45, 2.75) is 285 Å². The molecule has 0 bridgehead atoms. The van der Waals surface area contributed by atoms with E-state index in [9.17, 15) is 96.7 Å². The van der Waals surface area contributed by atoms with Gasteiger partial charge in [0.25, 0.3) is 0 Å². The highest BCUT2D eigenvalue weighted by Gasteiger charge is 2.69. The first-order chi connectivity index (χ1) is 45.0. The number of rotatable bonds is 17. The third kappa shape index (κ3) is 12.9. The van der Waals surface area contributed by atoms with Gasteiger partial charge >= 0.3 is 5.97 Å². The highest BCUT2D eigenvalue weighted by atomic mass is 16.8. The van der Waals surface area contributed by atoms with Crippen molar-refractivity contribution in [2.24, 2.45) is 56.2 Å². The number of carboxylic acids is 1. The number of ether oxygens (including phenoxy) is 12. The van der Waals surface area contributed by atoms with Crippen LogP contribution in [0, 0.1) is 56.2 Å². The molecular formula is C65H104O31. The number of carboxylic acid groups (broad SMARTS) is 1. The maximum atomic E-state index is 13.0. The van der Waals surface area contributed by atoms with E-state index in [0.29, 0.717) is 24.7 Å². The maximum Gasteiger partial charge on any atom is 0.335 e. The van der Waals surface area contributed by atoms with E-state index < -0.39 is 222 Å². The van der Waals surface area contributed by atoms with Gasteiger partial charge in [0.2, 0.25) is 0 Å². The Morgan fingerprint density at radius 1 is 0.510 bits per heavy atom. The Hall–Kier alpha value is -2.21. The second-order valence-corrected chi connectivity index (χ2v) is 31.2. The summed E-state index contributed by atoms with van der Waals surface area (Å²) < 4.78 is 70.9. The number of aliphatic carboxylic acids is 1. The number of fused-ring (bicyclic) bond motifs is 7. The van der Waals surface area contributed by atoms with Gasteiger partial charge in [-0.2, -0.15) is 0 Å². The lowest BCUT2D eigenvalue weighted by Gasteiger charge is -2.71. The molecule has 11 rings (SSSR count).